The van der Waals surface area contributed by atoms with Crippen molar-refractivity contribution in [2.75, 3.05) is 5.43 Å². The average molecular weight is 357 g/mol. The fourth-order valence-electron chi connectivity index (χ4n) is 2.28. The maximum absolute atomic E-state index is 12.7. The molecule has 0 aliphatic carbocycles. The third kappa shape index (κ3) is 3.73. The quantitative estimate of drug-likeness (QED) is 0.639. The summed E-state index contributed by atoms with van der Waals surface area (Å²) in [5.74, 6) is 0.278. The first-order chi connectivity index (χ1) is 11.5. The third-order valence-corrected chi connectivity index (χ3v) is 3.62. The average Bonchev–Trinajstić information content (AvgIpc) is 2.76. The van der Waals surface area contributed by atoms with Crippen molar-refractivity contribution in [1.82, 2.24) is 5.43 Å². The van der Waals surface area contributed by atoms with Gasteiger partial charge in [0, 0.05) is 11.6 Å². The largest absolute Gasteiger partial charge is 0.466 e. The van der Waals surface area contributed by atoms with Gasteiger partial charge in [0.2, 0.25) is 0 Å². The van der Waals surface area contributed by atoms with Crippen LogP contribution in [0.15, 0.2) is 22.6 Å². The van der Waals surface area contributed by atoms with E-state index in [0.29, 0.717) is 29.2 Å². The summed E-state index contributed by atoms with van der Waals surface area (Å²) in [5, 5.41) is 11.0. The molecule has 0 bridgehead atoms. The van der Waals surface area contributed by atoms with E-state index < -0.39 is 28.3 Å². The molecular formula is C15H14F3N3O4. The minimum atomic E-state index is -4.71. The predicted molar refractivity (Wildman–Crippen MR) is 82.1 cm³/mol. The highest BCUT2D eigenvalue weighted by atomic mass is 19.4. The zero-order valence-electron chi connectivity index (χ0n) is 13.4. The Morgan fingerprint density at radius 3 is 2.32 bits per heavy atom. The van der Waals surface area contributed by atoms with Gasteiger partial charge in [0.15, 0.2) is 0 Å². The second kappa shape index (κ2) is 6.46. The number of furan rings is 1. The van der Waals surface area contributed by atoms with Crippen LogP contribution in [0.4, 0.5) is 24.5 Å². The summed E-state index contributed by atoms with van der Waals surface area (Å²) in [4.78, 5) is 22.2. The molecule has 0 atom stereocenters. The Balaban J connectivity index is 2.26. The molecule has 0 radical (unpaired) electrons. The Kier molecular flexibility index (Phi) is 4.73. The van der Waals surface area contributed by atoms with E-state index >= 15 is 0 Å². The first-order valence-corrected chi connectivity index (χ1v) is 7.01. The highest BCUT2D eigenvalue weighted by molar-refractivity contribution is 5.97. The Morgan fingerprint density at radius 2 is 1.84 bits per heavy atom. The van der Waals surface area contributed by atoms with Gasteiger partial charge in [-0.05, 0) is 32.9 Å². The molecule has 0 saturated carbocycles. The van der Waals surface area contributed by atoms with Gasteiger partial charge in [0.05, 0.1) is 16.1 Å². The second-order valence-electron chi connectivity index (χ2n) is 5.28. The van der Waals surface area contributed by atoms with Gasteiger partial charge in [0.1, 0.15) is 17.2 Å². The Bertz CT molecular complexity index is 843. The third-order valence-electron chi connectivity index (χ3n) is 3.62. The van der Waals surface area contributed by atoms with E-state index in [1.54, 1.807) is 20.8 Å². The van der Waals surface area contributed by atoms with Crippen molar-refractivity contribution < 1.29 is 27.3 Å². The summed E-state index contributed by atoms with van der Waals surface area (Å²) >= 11 is 0. The molecule has 2 rings (SSSR count). The second-order valence-corrected chi connectivity index (χ2v) is 5.28. The molecule has 1 aromatic heterocycles. The van der Waals surface area contributed by atoms with Gasteiger partial charge in [-0.1, -0.05) is 0 Å². The number of carbonyl (C=O) groups excluding carboxylic acids is 1. The van der Waals surface area contributed by atoms with Gasteiger partial charge in [-0.25, -0.2) is 0 Å². The molecule has 0 aliphatic heterocycles. The number of nitro benzene ring substituents is 1. The first kappa shape index (κ1) is 18.3. The summed E-state index contributed by atoms with van der Waals surface area (Å²) in [5.41, 5.74) is 3.11. The van der Waals surface area contributed by atoms with Crippen molar-refractivity contribution in [2.24, 2.45) is 0 Å². The molecular weight excluding hydrogens is 343 g/mol. The van der Waals surface area contributed by atoms with Gasteiger partial charge < -0.3 is 4.42 Å². The van der Waals surface area contributed by atoms with Crippen molar-refractivity contribution in [3.8, 4) is 0 Å². The topological polar surface area (TPSA) is 97.4 Å². The van der Waals surface area contributed by atoms with Crippen LogP contribution in [0.1, 0.15) is 33.0 Å². The number of anilines is 1. The number of hydrogen-bond acceptors (Lipinski definition) is 5. The van der Waals surface area contributed by atoms with E-state index in [-0.39, 0.29) is 11.3 Å². The number of hydrogen-bond donors (Lipinski definition) is 2. The molecule has 0 spiro atoms. The zero-order chi connectivity index (χ0) is 18.9. The number of hydrazine groups is 1. The lowest BCUT2D eigenvalue weighted by atomic mass is 10.1. The lowest BCUT2D eigenvalue weighted by Crippen LogP contribution is -2.30. The number of halogens is 3. The van der Waals surface area contributed by atoms with Crippen LogP contribution >= 0.6 is 0 Å². The van der Waals surface area contributed by atoms with Crippen LogP contribution in [0.25, 0.3) is 0 Å². The van der Waals surface area contributed by atoms with Gasteiger partial charge in [-0.2, -0.15) is 13.2 Å². The minimum Gasteiger partial charge on any atom is -0.466 e. The van der Waals surface area contributed by atoms with E-state index in [0.717, 1.165) is 6.07 Å². The Hall–Kier alpha value is -3.04. The molecule has 10 heteroatoms. The summed E-state index contributed by atoms with van der Waals surface area (Å²) in [7, 11) is 0. The fraction of sp³-hybridized carbons (Fsp3) is 0.267. The van der Waals surface area contributed by atoms with Crippen molar-refractivity contribution in [3.05, 3.63) is 56.5 Å². The molecule has 7 nitrogen and oxygen atoms in total. The van der Waals surface area contributed by atoms with Gasteiger partial charge in [0.25, 0.3) is 11.6 Å². The number of nitrogens with zero attached hydrogens (tertiary/aromatic N) is 1. The number of alkyl halides is 3. The standard InChI is InChI=1S/C15H14F3N3O4/c1-7-8(2)25-9(3)13(7)14(22)20-19-11-5-4-10(15(16,17)18)6-12(11)21(23)24/h4-6,19H,1-3H3,(H,20,22). The van der Waals surface area contributed by atoms with Crippen LogP contribution in [0, 0.1) is 30.9 Å². The van der Waals surface area contributed by atoms with Gasteiger partial charge in [-0.15, -0.1) is 0 Å². The molecule has 0 aliphatic rings. The molecule has 0 unspecified atom stereocenters. The summed E-state index contributed by atoms with van der Waals surface area (Å²) < 4.78 is 43.3. The van der Waals surface area contributed by atoms with Crippen molar-refractivity contribution in [1.29, 1.82) is 0 Å². The van der Waals surface area contributed by atoms with E-state index in [2.05, 4.69) is 10.9 Å². The zero-order valence-corrected chi connectivity index (χ0v) is 13.4. The normalized spacial score (nSPS) is 11.3. The van der Waals surface area contributed by atoms with E-state index in [9.17, 15) is 28.1 Å². The monoisotopic (exact) mass is 357 g/mol. The van der Waals surface area contributed by atoms with Crippen LogP contribution in [0.2, 0.25) is 0 Å². The maximum Gasteiger partial charge on any atom is 0.416 e. The van der Waals surface area contributed by atoms with Gasteiger partial charge >= 0.3 is 6.18 Å². The summed E-state index contributed by atoms with van der Waals surface area (Å²) in [6.07, 6.45) is -4.71. The fourth-order valence-corrected chi connectivity index (χ4v) is 2.28. The van der Waals surface area contributed by atoms with Crippen molar-refractivity contribution in [2.45, 2.75) is 26.9 Å². The van der Waals surface area contributed by atoms with Crippen molar-refractivity contribution in [3.63, 3.8) is 0 Å². The molecule has 0 saturated heterocycles. The van der Waals surface area contributed by atoms with Gasteiger partial charge in [-0.3, -0.25) is 25.8 Å². The van der Waals surface area contributed by atoms with Crippen LogP contribution in [-0.2, 0) is 6.18 Å². The van der Waals surface area contributed by atoms with Crippen LogP contribution in [0.5, 0.6) is 0 Å². The molecule has 1 aromatic carbocycles. The molecule has 0 fully saturated rings. The van der Waals surface area contributed by atoms with E-state index in [1.807, 2.05) is 0 Å². The van der Waals surface area contributed by atoms with Crippen molar-refractivity contribution >= 4 is 17.3 Å². The molecule has 1 amide bonds. The SMILES string of the molecule is Cc1oc(C)c(C(=O)NNc2ccc(C(F)(F)F)cc2[N+](=O)[O-])c1C. The molecule has 2 aromatic rings. The molecule has 25 heavy (non-hydrogen) atoms. The number of benzene rings is 1. The number of rotatable bonds is 4. The Morgan fingerprint density at radius 1 is 1.20 bits per heavy atom. The predicted octanol–water partition coefficient (Wildman–Crippen LogP) is 3.89. The number of carbonyl (C=O) groups is 1. The number of nitrogens with one attached hydrogen (secondary N) is 2. The molecule has 1 heterocycles. The maximum atomic E-state index is 12.7. The molecule has 2 N–H and O–H groups in total. The smallest absolute Gasteiger partial charge is 0.416 e. The molecule has 134 valence electrons. The first-order valence-electron chi connectivity index (χ1n) is 7.01. The lowest BCUT2D eigenvalue weighted by Gasteiger charge is -2.11. The highest BCUT2D eigenvalue weighted by Gasteiger charge is 2.33. The Labute approximate surface area is 139 Å². The highest BCUT2D eigenvalue weighted by Crippen LogP contribution is 2.34. The number of aryl methyl sites for hydroxylation is 2. The van der Waals surface area contributed by atoms with Crippen LogP contribution < -0.4 is 10.9 Å². The van der Waals surface area contributed by atoms with Crippen LogP contribution in [-0.4, -0.2) is 10.8 Å². The summed E-state index contributed by atoms with van der Waals surface area (Å²) in [6.45, 7) is 4.92. The van der Waals surface area contributed by atoms with E-state index in [1.165, 1.54) is 0 Å². The van der Waals surface area contributed by atoms with Crippen LogP contribution in [0.3, 0.4) is 0 Å². The minimum absolute atomic E-state index is 0.250. The number of nitro groups is 1. The van der Waals surface area contributed by atoms with E-state index in [4.69, 9.17) is 4.42 Å². The summed E-state index contributed by atoms with van der Waals surface area (Å²) in [6, 6.07) is 1.95. The lowest BCUT2D eigenvalue weighted by molar-refractivity contribution is -0.384. The number of amides is 1.